The highest BCUT2D eigenvalue weighted by Crippen LogP contribution is 2.45. The predicted octanol–water partition coefficient (Wildman–Crippen LogP) is 6.88. The highest BCUT2D eigenvalue weighted by molar-refractivity contribution is 5.96. The molecular weight excluding hydrogens is 404 g/mol. The first-order chi connectivity index (χ1) is 15.6. The van der Waals surface area contributed by atoms with Gasteiger partial charge < -0.3 is 18.9 Å². The number of carbonyl (C=O) groups is 1. The minimum Gasteiger partial charge on any atom is -0.454 e. The standard InChI is InChI=1S/C27H22O5/c1-3-26(28)30-19(2)29-24-18-25(31-20-12-6-4-7-13-20)27(23-17-11-10-16-22(23)24)32-21-14-8-5-9-15-21/h3-19H,1H2,2H3. The van der Waals surface area contributed by atoms with Crippen molar-refractivity contribution >= 4 is 16.7 Å². The lowest BCUT2D eigenvalue weighted by molar-refractivity contribution is -0.154. The number of hydrogen-bond acceptors (Lipinski definition) is 5. The summed E-state index contributed by atoms with van der Waals surface area (Å²) in [6.07, 6.45) is 0.271. The van der Waals surface area contributed by atoms with Gasteiger partial charge in [0.25, 0.3) is 0 Å². The molecular formula is C27H22O5. The minimum absolute atomic E-state index is 0.469. The van der Waals surface area contributed by atoms with Crippen LogP contribution in [0.2, 0.25) is 0 Å². The van der Waals surface area contributed by atoms with Crippen molar-refractivity contribution in [3.05, 3.63) is 104 Å². The Morgan fingerprint density at radius 1 is 0.781 bits per heavy atom. The number of ether oxygens (including phenoxy) is 4. The molecule has 0 spiro atoms. The van der Waals surface area contributed by atoms with Crippen LogP contribution >= 0.6 is 0 Å². The molecule has 0 fully saturated rings. The second-order valence-corrected chi connectivity index (χ2v) is 6.90. The van der Waals surface area contributed by atoms with Crippen molar-refractivity contribution in [2.75, 3.05) is 0 Å². The van der Waals surface area contributed by atoms with Crippen LogP contribution in [0.5, 0.6) is 28.7 Å². The van der Waals surface area contributed by atoms with Gasteiger partial charge in [0.15, 0.2) is 11.5 Å². The smallest absolute Gasteiger partial charge is 0.333 e. The quantitative estimate of drug-likeness (QED) is 0.175. The molecule has 4 aromatic rings. The highest BCUT2D eigenvalue weighted by atomic mass is 16.7. The van der Waals surface area contributed by atoms with E-state index >= 15 is 0 Å². The maximum absolute atomic E-state index is 11.6. The molecule has 32 heavy (non-hydrogen) atoms. The summed E-state index contributed by atoms with van der Waals surface area (Å²) in [4.78, 5) is 11.6. The van der Waals surface area contributed by atoms with Crippen molar-refractivity contribution in [1.29, 1.82) is 0 Å². The molecule has 0 aliphatic heterocycles. The zero-order valence-corrected chi connectivity index (χ0v) is 17.6. The molecule has 4 rings (SSSR count). The Morgan fingerprint density at radius 3 is 1.97 bits per heavy atom. The predicted molar refractivity (Wildman–Crippen MR) is 123 cm³/mol. The van der Waals surface area contributed by atoms with Crippen molar-refractivity contribution in [3.63, 3.8) is 0 Å². The van der Waals surface area contributed by atoms with Crippen LogP contribution < -0.4 is 14.2 Å². The Balaban J connectivity index is 1.81. The molecule has 0 bridgehead atoms. The van der Waals surface area contributed by atoms with E-state index in [2.05, 4.69) is 6.58 Å². The Labute approximate surface area is 186 Å². The summed E-state index contributed by atoms with van der Waals surface area (Å²) >= 11 is 0. The summed E-state index contributed by atoms with van der Waals surface area (Å²) in [7, 11) is 0. The number of benzene rings is 4. The van der Waals surface area contributed by atoms with Gasteiger partial charge in [0, 0.05) is 29.8 Å². The Kier molecular flexibility index (Phi) is 6.37. The van der Waals surface area contributed by atoms with Gasteiger partial charge in [0.2, 0.25) is 6.29 Å². The lowest BCUT2D eigenvalue weighted by atomic mass is 10.1. The van der Waals surface area contributed by atoms with Crippen LogP contribution in [0.15, 0.2) is 104 Å². The lowest BCUT2D eigenvalue weighted by Crippen LogP contribution is -2.19. The van der Waals surface area contributed by atoms with E-state index in [-0.39, 0.29) is 0 Å². The number of para-hydroxylation sites is 2. The van der Waals surface area contributed by atoms with E-state index in [9.17, 15) is 4.79 Å². The molecule has 5 heteroatoms. The summed E-state index contributed by atoms with van der Waals surface area (Å²) < 4.78 is 23.6. The van der Waals surface area contributed by atoms with E-state index in [1.165, 1.54) is 0 Å². The van der Waals surface area contributed by atoms with Gasteiger partial charge in [-0.05, 0) is 24.3 Å². The Morgan fingerprint density at radius 2 is 1.34 bits per heavy atom. The Hall–Kier alpha value is -4.25. The third-order valence-corrected chi connectivity index (χ3v) is 4.60. The van der Waals surface area contributed by atoms with E-state index < -0.39 is 12.3 Å². The van der Waals surface area contributed by atoms with Gasteiger partial charge in [-0.15, -0.1) is 0 Å². The molecule has 0 saturated carbocycles. The largest absolute Gasteiger partial charge is 0.454 e. The molecule has 5 nitrogen and oxygen atoms in total. The molecule has 160 valence electrons. The van der Waals surface area contributed by atoms with Crippen LogP contribution in [0, 0.1) is 0 Å². The summed E-state index contributed by atoms with van der Waals surface area (Å²) in [5.41, 5.74) is 0. The zero-order valence-electron chi connectivity index (χ0n) is 17.6. The van der Waals surface area contributed by atoms with E-state index in [1.54, 1.807) is 13.0 Å². The van der Waals surface area contributed by atoms with Gasteiger partial charge >= 0.3 is 5.97 Å². The van der Waals surface area contributed by atoms with Gasteiger partial charge in [0.1, 0.15) is 17.2 Å². The van der Waals surface area contributed by atoms with E-state index in [4.69, 9.17) is 18.9 Å². The number of fused-ring (bicyclic) bond motifs is 1. The summed E-state index contributed by atoms with van der Waals surface area (Å²) in [5.74, 6) is 2.29. The minimum atomic E-state index is -0.825. The summed E-state index contributed by atoms with van der Waals surface area (Å²) in [6.45, 7) is 5.06. The normalized spacial score (nSPS) is 11.4. The maximum atomic E-state index is 11.6. The Bertz CT molecular complexity index is 1220. The molecule has 1 unspecified atom stereocenters. The monoisotopic (exact) mass is 426 g/mol. The maximum Gasteiger partial charge on any atom is 0.333 e. The molecule has 0 aromatic heterocycles. The first-order valence-corrected chi connectivity index (χ1v) is 10.2. The molecule has 0 radical (unpaired) electrons. The van der Waals surface area contributed by atoms with Crippen LogP contribution in [-0.2, 0) is 9.53 Å². The topological polar surface area (TPSA) is 54.0 Å². The van der Waals surface area contributed by atoms with E-state index in [0.29, 0.717) is 28.7 Å². The fourth-order valence-electron chi connectivity index (χ4n) is 3.21. The van der Waals surface area contributed by atoms with Gasteiger partial charge in [-0.1, -0.05) is 67.2 Å². The fraction of sp³-hybridized carbons (Fsp3) is 0.0741. The SMILES string of the molecule is C=CC(=O)OC(C)Oc1cc(Oc2ccccc2)c(Oc2ccccc2)c2ccccc12. The second-order valence-electron chi connectivity index (χ2n) is 6.90. The molecule has 1 atom stereocenters. The first-order valence-electron chi connectivity index (χ1n) is 10.2. The molecule has 0 amide bonds. The summed E-state index contributed by atoms with van der Waals surface area (Å²) in [6, 6.07) is 28.3. The van der Waals surface area contributed by atoms with Gasteiger partial charge in [-0.25, -0.2) is 4.79 Å². The molecule has 0 heterocycles. The fourth-order valence-corrected chi connectivity index (χ4v) is 3.21. The number of esters is 1. The van der Waals surface area contributed by atoms with Crippen molar-refractivity contribution in [2.24, 2.45) is 0 Å². The van der Waals surface area contributed by atoms with Gasteiger partial charge in [-0.3, -0.25) is 0 Å². The number of hydrogen-bond donors (Lipinski definition) is 0. The number of rotatable bonds is 8. The van der Waals surface area contributed by atoms with Crippen LogP contribution in [0.1, 0.15) is 6.92 Å². The van der Waals surface area contributed by atoms with Gasteiger partial charge in [-0.2, -0.15) is 0 Å². The zero-order chi connectivity index (χ0) is 22.3. The third-order valence-electron chi connectivity index (χ3n) is 4.60. The first kappa shape index (κ1) is 21.0. The average molecular weight is 426 g/mol. The van der Waals surface area contributed by atoms with Crippen molar-refractivity contribution in [3.8, 4) is 28.7 Å². The molecule has 4 aromatic carbocycles. The highest BCUT2D eigenvalue weighted by Gasteiger charge is 2.19. The molecule has 0 aliphatic carbocycles. The van der Waals surface area contributed by atoms with Crippen LogP contribution in [0.3, 0.4) is 0 Å². The molecule has 0 N–H and O–H groups in total. The van der Waals surface area contributed by atoms with Gasteiger partial charge in [0.05, 0.1) is 0 Å². The van der Waals surface area contributed by atoms with Crippen molar-refractivity contribution in [2.45, 2.75) is 13.2 Å². The second kappa shape index (κ2) is 9.71. The lowest BCUT2D eigenvalue weighted by Gasteiger charge is -2.20. The van der Waals surface area contributed by atoms with E-state index in [0.717, 1.165) is 16.8 Å². The van der Waals surface area contributed by atoms with Crippen molar-refractivity contribution < 1.29 is 23.7 Å². The molecule has 0 saturated heterocycles. The number of carbonyl (C=O) groups excluding carboxylic acids is 1. The van der Waals surface area contributed by atoms with E-state index in [1.807, 2.05) is 84.9 Å². The van der Waals surface area contributed by atoms with Crippen molar-refractivity contribution in [1.82, 2.24) is 0 Å². The average Bonchev–Trinajstić information content (AvgIpc) is 2.82. The van der Waals surface area contributed by atoms with Crippen LogP contribution in [0.25, 0.3) is 10.8 Å². The van der Waals surface area contributed by atoms with Crippen LogP contribution in [0.4, 0.5) is 0 Å². The van der Waals surface area contributed by atoms with Crippen LogP contribution in [-0.4, -0.2) is 12.3 Å². The summed E-state index contributed by atoms with van der Waals surface area (Å²) in [5, 5.41) is 1.59. The molecule has 0 aliphatic rings. The third kappa shape index (κ3) is 4.90.